The van der Waals surface area contributed by atoms with Gasteiger partial charge in [-0.05, 0) is 61.7 Å². The van der Waals surface area contributed by atoms with E-state index in [1.807, 2.05) is 30.3 Å². The molecule has 32 heavy (non-hydrogen) atoms. The highest BCUT2D eigenvalue weighted by molar-refractivity contribution is 6.30. The molecule has 0 unspecified atom stereocenters. The number of esters is 1. The molecule has 1 aromatic carbocycles. The number of rotatable bonds is 7. The van der Waals surface area contributed by atoms with Gasteiger partial charge < -0.3 is 24.1 Å². The lowest BCUT2D eigenvalue weighted by atomic mass is 9.98. The molecule has 1 fully saturated rings. The summed E-state index contributed by atoms with van der Waals surface area (Å²) in [6.07, 6.45) is 2.20. The summed E-state index contributed by atoms with van der Waals surface area (Å²) >= 11 is 5.89. The van der Waals surface area contributed by atoms with Crippen LogP contribution in [0.3, 0.4) is 0 Å². The van der Waals surface area contributed by atoms with Crippen LogP contribution in [0.1, 0.15) is 34.7 Å². The van der Waals surface area contributed by atoms with Crippen LogP contribution in [-0.4, -0.2) is 59.8 Å². The summed E-state index contributed by atoms with van der Waals surface area (Å²) in [4.78, 5) is 32.0. The van der Waals surface area contributed by atoms with Crippen LogP contribution in [0.2, 0.25) is 5.02 Å². The van der Waals surface area contributed by atoms with Crippen molar-refractivity contribution in [3.63, 3.8) is 0 Å². The SMILES string of the molecule is COC(=O)c1ccc(CN2CCC(COCc3ccc(Cl)cc3)CC2)o1.O=C(O)C(=O)O. The molecule has 0 radical (unpaired) electrons. The Morgan fingerprint density at radius 2 is 1.69 bits per heavy atom. The van der Waals surface area contributed by atoms with Gasteiger partial charge in [-0.15, -0.1) is 0 Å². The number of carboxylic acid groups (broad SMARTS) is 2. The summed E-state index contributed by atoms with van der Waals surface area (Å²) in [5, 5.41) is 15.5. The number of hydrogen-bond acceptors (Lipinski definition) is 7. The van der Waals surface area contributed by atoms with Gasteiger partial charge in [0.05, 0.1) is 20.3 Å². The Kier molecular flexibility index (Phi) is 10.2. The van der Waals surface area contributed by atoms with Crippen molar-refractivity contribution in [2.45, 2.75) is 26.0 Å². The maximum Gasteiger partial charge on any atom is 0.414 e. The van der Waals surface area contributed by atoms with Crippen LogP contribution >= 0.6 is 11.6 Å². The Morgan fingerprint density at radius 1 is 1.06 bits per heavy atom. The van der Waals surface area contributed by atoms with Crippen molar-refractivity contribution in [1.29, 1.82) is 0 Å². The maximum absolute atomic E-state index is 11.4. The molecule has 0 spiro atoms. The van der Waals surface area contributed by atoms with E-state index in [9.17, 15) is 4.79 Å². The number of nitrogens with zero attached hydrogens (tertiary/aromatic N) is 1. The third-order valence-corrected chi connectivity index (χ3v) is 5.11. The highest BCUT2D eigenvalue weighted by atomic mass is 35.5. The molecule has 0 aliphatic carbocycles. The van der Waals surface area contributed by atoms with Crippen LogP contribution in [0.15, 0.2) is 40.8 Å². The zero-order valence-electron chi connectivity index (χ0n) is 17.7. The van der Waals surface area contributed by atoms with E-state index in [-0.39, 0.29) is 5.76 Å². The first kappa shape index (κ1) is 25.4. The van der Waals surface area contributed by atoms with Crippen molar-refractivity contribution in [1.82, 2.24) is 4.90 Å². The van der Waals surface area contributed by atoms with Crippen LogP contribution < -0.4 is 0 Å². The number of carbonyl (C=O) groups is 3. The highest BCUT2D eigenvalue weighted by Crippen LogP contribution is 2.21. The number of methoxy groups -OCH3 is 1. The second-order valence-electron chi connectivity index (χ2n) is 7.23. The van der Waals surface area contributed by atoms with Gasteiger partial charge in [0, 0.05) is 11.6 Å². The average molecular weight is 468 g/mol. The number of benzene rings is 1. The Bertz CT molecular complexity index is 876. The average Bonchev–Trinajstić information content (AvgIpc) is 3.24. The molecule has 1 saturated heterocycles. The van der Waals surface area contributed by atoms with E-state index < -0.39 is 17.9 Å². The fraction of sp³-hybridized carbons (Fsp3) is 0.409. The van der Waals surface area contributed by atoms with Crippen LogP contribution in [-0.2, 0) is 32.2 Å². The van der Waals surface area contributed by atoms with Gasteiger partial charge in [-0.3, -0.25) is 4.90 Å². The highest BCUT2D eigenvalue weighted by Gasteiger charge is 2.21. The standard InChI is InChI=1S/C20H24ClNO4.C2H2O4/c1-24-20(23)19-7-6-18(26-19)12-22-10-8-16(9-11-22)14-25-13-15-2-4-17(21)5-3-15;3-1(4)2(5)6/h2-7,16H,8-14H2,1H3;(H,3,4)(H,5,6). The third kappa shape index (κ3) is 8.70. The van der Waals surface area contributed by atoms with Gasteiger partial charge in [-0.1, -0.05) is 23.7 Å². The first-order valence-electron chi connectivity index (χ1n) is 9.96. The van der Waals surface area contributed by atoms with Crippen LogP contribution in [0.5, 0.6) is 0 Å². The molecule has 2 heterocycles. The number of hydrogen-bond donors (Lipinski definition) is 2. The number of carbonyl (C=O) groups excluding carboxylic acids is 1. The molecule has 1 aliphatic rings. The van der Waals surface area contributed by atoms with E-state index in [0.717, 1.165) is 55.4 Å². The van der Waals surface area contributed by atoms with Crippen LogP contribution in [0, 0.1) is 5.92 Å². The first-order chi connectivity index (χ1) is 15.3. The minimum atomic E-state index is -1.82. The number of likely N-dealkylation sites (tertiary alicyclic amines) is 1. The van der Waals surface area contributed by atoms with Crippen molar-refractivity contribution in [2.24, 2.45) is 5.92 Å². The lowest BCUT2D eigenvalue weighted by Gasteiger charge is -2.31. The second-order valence-corrected chi connectivity index (χ2v) is 7.67. The van der Waals surface area contributed by atoms with Gasteiger partial charge in [0.15, 0.2) is 0 Å². The second kappa shape index (κ2) is 12.8. The molecular formula is C22H26ClNO8. The first-order valence-corrected chi connectivity index (χ1v) is 10.3. The molecule has 3 rings (SSSR count). The molecular weight excluding hydrogens is 442 g/mol. The van der Waals surface area contributed by atoms with Gasteiger partial charge in [0.25, 0.3) is 0 Å². The van der Waals surface area contributed by atoms with E-state index >= 15 is 0 Å². The Morgan fingerprint density at radius 3 is 2.25 bits per heavy atom. The lowest BCUT2D eigenvalue weighted by Crippen LogP contribution is -2.34. The quantitative estimate of drug-likeness (QED) is 0.465. The van der Waals surface area contributed by atoms with Gasteiger partial charge >= 0.3 is 17.9 Å². The number of aliphatic carboxylic acids is 2. The van der Waals surface area contributed by atoms with E-state index in [2.05, 4.69) is 9.64 Å². The molecule has 0 atom stereocenters. The summed E-state index contributed by atoms with van der Waals surface area (Å²) in [5.74, 6) is -2.45. The van der Waals surface area contributed by atoms with Crippen LogP contribution in [0.4, 0.5) is 0 Å². The Hall–Kier alpha value is -2.88. The predicted molar refractivity (Wildman–Crippen MR) is 114 cm³/mol. The summed E-state index contributed by atoms with van der Waals surface area (Å²) in [5.41, 5.74) is 1.14. The van der Waals surface area contributed by atoms with E-state index in [4.69, 9.17) is 40.6 Å². The molecule has 174 valence electrons. The van der Waals surface area contributed by atoms with Crippen molar-refractivity contribution in [3.8, 4) is 0 Å². The van der Waals surface area contributed by atoms with Gasteiger partial charge in [0.2, 0.25) is 5.76 Å². The lowest BCUT2D eigenvalue weighted by molar-refractivity contribution is -0.159. The van der Waals surface area contributed by atoms with Crippen LogP contribution in [0.25, 0.3) is 0 Å². The van der Waals surface area contributed by atoms with E-state index in [0.29, 0.717) is 12.5 Å². The molecule has 9 nitrogen and oxygen atoms in total. The van der Waals surface area contributed by atoms with Crippen molar-refractivity contribution in [2.75, 3.05) is 26.8 Å². The molecule has 2 N–H and O–H groups in total. The molecule has 1 aromatic heterocycles. The van der Waals surface area contributed by atoms with Gasteiger partial charge in [-0.25, -0.2) is 14.4 Å². The maximum atomic E-state index is 11.4. The normalized spacial score (nSPS) is 14.3. The van der Waals surface area contributed by atoms with Gasteiger partial charge in [-0.2, -0.15) is 0 Å². The molecule has 0 amide bonds. The van der Waals surface area contributed by atoms with E-state index in [1.54, 1.807) is 6.07 Å². The van der Waals surface area contributed by atoms with Crippen molar-refractivity contribution in [3.05, 3.63) is 58.5 Å². The number of carboxylic acids is 2. The summed E-state index contributed by atoms with van der Waals surface area (Å²) in [6.45, 7) is 4.13. The minimum Gasteiger partial charge on any atom is -0.473 e. The molecule has 2 aromatic rings. The topological polar surface area (TPSA) is 127 Å². The zero-order valence-corrected chi connectivity index (χ0v) is 18.4. The summed E-state index contributed by atoms with van der Waals surface area (Å²) < 4.78 is 16.1. The molecule has 0 saturated carbocycles. The Labute approximate surface area is 190 Å². The zero-order chi connectivity index (χ0) is 23.5. The van der Waals surface area contributed by atoms with Crippen molar-refractivity contribution >= 4 is 29.5 Å². The summed E-state index contributed by atoms with van der Waals surface area (Å²) in [7, 11) is 1.35. The minimum absolute atomic E-state index is 0.257. The smallest absolute Gasteiger partial charge is 0.414 e. The third-order valence-electron chi connectivity index (χ3n) is 4.85. The van der Waals surface area contributed by atoms with E-state index in [1.165, 1.54) is 7.11 Å². The van der Waals surface area contributed by atoms with Crippen molar-refractivity contribution < 1.29 is 38.5 Å². The Balaban J connectivity index is 0.000000534. The largest absolute Gasteiger partial charge is 0.473 e. The molecule has 0 bridgehead atoms. The summed E-state index contributed by atoms with van der Waals surface area (Å²) in [6, 6.07) is 11.3. The number of furan rings is 1. The molecule has 1 aliphatic heterocycles. The fourth-order valence-corrected chi connectivity index (χ4v) is 3.25. The number of halogens is 1. The fourth-order valence-electron chi connectivity index (χ4n) is 3.13. The predicted octanol–water partition coefficient (Wildman–Crippen LogP) is 3.30. The number of ether oxygens (including phenoxy) is 2. The monoisotopic (exact) mass is 467 g/mol. The van der Waals surface area contributed by atoms with Gasteiger partial charge in [0.1, 0.15) is 5.76 Å². The molecule has 10 heteroatoms. The number of piperidine rings is 1.